The predicted octanol–water partition coefficient (Wildman–Crippen LogP) is 2.69. The molecule has 2 aromatic heterocycles. The maximum atomic E-state index is 13.1. The normalized spacial score (nSPS) is 15.1. The van der Waals surface area contributed by atoms with E-state index in [1.165, 1.54) is 10.6 Å². The Morgan fingerprint density at radius 3 is 2.62 bits per heavy atom. The molecule has 7 heteroatoms. The van der Waals surface area contributed by atoms with E-state index in [1.54, 1.807) is 36.5 Å². The summed E-state index contributed by atoms with van der Waals surface area (Å²) in [7, 11) is 0. The lowest BCUT2D eigenvalue weighted by Crippen LogP contribution is -2.36. The number of fused-ring (bicyclic) bond motifs is 1. The molecule has 1 amide bonds. The Labute approximate surface area is 168 Å². The van der Waals surface area contributed by atoms with E-state index in [0.717, 1.165) is 25.9 Å². The molecule has 0 aliphatic carbocycles. The molecule has 3 heterocycles. The van der Waals surface area contributed by atoms with Gasteiger partial charge in [0, 0.05) is 24.8 Å². The fourth-order valence-corrected chi connectivity index (χ4v) is 3.47. The molecule has 1 aliphatic rings. The molecule has 0 saturated carbocycles. The van der Waals surface area contributed by atoms with Gasteiger partial charge in [-0.1, -0.05) is 31.2 Å². The third kappa shape index (κ3) is 4.03. The number of nitrogens with zero attached hydrogens (tertiary/aromatic N) is 4. The van der Waals surface area contributed by atoms with Crippen LogP contribution in [0.2, 0.25) is 0 Å². The van der Waals surface area contributed by atoms with Gasteiger partial charge in [-0.15, -0.1) is 0 Å². The Kier molecular flexibility index (Phi) is 5.37. The van der Waals surface area contributed by atoms with Crippen LogP contribution in [0.3, 0.4) is 0 Å². The zero-order valence-corrected chi connectivity index (χ0v) is 16.3. The standard InChI is InChI=1S/C22H23N5O2/c1-16-10-13-26(14-11-16)20-18(22(29)27-12-6-5-9-19(27)24-20)15-23-25-21(28)17-7-3-2-4-8-17/h2-9,12,15-16H,10-11,13-14H2,1H3,(H,25,28)/b23-15+. The van der Waals surface area contributed by atoms with Crippen molar-refractivity contribution in [2.24, 2.45) is 11.0 Å². The number of pyridine rings is 1. The molecule has 1 saturated heterocycles. The Hall–Kier alpha value is -3.48. The second kappa shape index (κ2) is 8.26. The number of benzene rings is 1. The van der Waals surface area contributed by atoms with Crippen LogP contribution in [0.1, 0.15) is 35.7 Å². The van der Waals surface area contributed by atoms with Crippen LogP contribution in [0.25, 0.3) is 5.65 Å². The highest BCUT2D eigenvalue weighted by atomic mass is 16.2. The highest BCUT2D eigenvalue weighted by Gasteiger charge is 2.22. The number of hydrogen-bond donors (Lipinski definition) is 1. The van der Waals surface area contributed by atoms with Crippen molar-refractivity contribution in [2.45, 2.75) is 19.8 Å². The van der Waals surface area contributed by atoms with Gasteiger partial charge in [-0.05, 0) is 43.0 Å². The summed E-state index contributed by atoms with van der Waals surface area (Å²) in [5.74, 6) is 0.949. The van der Waals surface area contributed by atoms with Crippen LogP contribution in [0, 0.1) is 5.92 Å². The van der Waals surface area contributed by atoms with Gasteiger partial charge in [0.05, 0.1) is 6.21 Å². The van der Waals surface area contributed by atoms with Crippen molar-refractivity contribution in [3.63, 3.8) is 0 Å². The fourth-order valence-electron chi connectivity index (χ4n) is 3.47. The maximum Gasteiger partial charge on any atom is 0.271 e. The summed E-state index contributed by atoms with van der Waals surface area (Å²) in [5, 5.41) is 4.05. The molecule has 3 aromatic rings. The first-order chi connectivity index (χ1) is 14.1. The van der Waals surface area contributed by atoms with Gasteiger partial charge in [0.25, 0.3) is 11.5 Å². The molecule has 1 fully saturated rings. The predicted molar refractivity (Wildman–Crippen MR) is 114 cm³/mol. The summed E-state index contributed by atoms with van der Waals surface area (Å²) in [6, 6.07) is 14.3. The maximum absolute atomic E-state index is 13.1. The van der Waals surface area contributed by atoms with Crippen molar-refractivity contribution in [3.8, 4) is 0 Å². The number of carbonyl (C=O) groups excluding carboxylic acids is 1. The van der Waals surface area contributed by atoms with Crippen molar-refractivity contribution in [1.82, 2.24) is 14.8 Å². The number of piperidine rings is 1. The Balaban J connectivity index is 1.68. The quantitative estimate of drug-likeness (QED) is 0.550. The molecular formula is C22H23N5O2. The van der Waals surface area contributed by atoms with Crippen LogP contribution in [-0.4, -0.2) is 34.6 Å². The molecule has 0 radical (unpaired) electrons. The summed E-state index contributed by atoms with van der Waals surface area (Å²) in [6.07, 6.45) is 5.20. The number of anilines is 1. The van der Waals surface area contributed by atoms with Gasteiger partial charge in [0.15, 0.2) is 0 Å². The second-order valence-corrected chi connectivity index (χ2v) is 7.32. The van der Waals surface area contributed by atoms with Crippen LogP contribution in [-0.2, 0) is 0 Å². The molecule has 1 N–H and O–H groups in total. The van der Waals surface area contributed by atoms with Gasteiger partial charge in [-0.3, -0.25) is 14.0 Å². The van der Waals surface area contributed by atoms with E-state index in [2.05, 4.69) is 22.4 Å². The number of hydrazone groups is 1. The molecule has 1 aromatic carbocycles. The zero-order chi connectivity index (χ0) is 20.2. The number of hydrogen-bond acceptors (Lipinski definition) is 5. The van der Waals surface area contributed by atoms with Gasteiger partial charge >= 0.3 is 0 Å². The van der Waals surface area contributed by atoms with Crippen molar-refractivity contribution in [3.05, 3.63) is 76.2 Å². The van der Waals surface area contributed by atoms with Gasteiger partial charge in [0.1, 0.15) is 17.0 Å². The number of rotatable bonds is 4. The van der Waals surface area contributed by atoms with E-state index in [9.17, 15) is 9.59 Å². The molecule has 0 atom stereocenters. The molecule has 29 heavy (non-hydrogen) atoms. The molecule has 0 spiro atoms. The van der Waals surface area contributed by atoms with Gasteiger partial charge in [-0.25, -0.2) is 10.4 Å². The van der Waals surface area contributed by atoms with Gasteiger partial charge in [-0.2, -0.15) is 5.10 Å². The number of nitrogens with one attached hydrogen (secondary N) is 1. The minimum absolute atomic E-state index is 0.207. The van der Waals surface area contributed by atoms with Crippen molar-refractivity contribution in [2.75, 3.05) is 18.0 Å². The van der Waals surface area contributed by atoms with Crippen LogP contribution in [0.4, 0.5) is 5.82 Å². The van der Waals surface area contributed by atoms with Crippen molar-refractivity contribution in [1.29, 1.82) is 0 Å². The second-order valence-electron chi connectivity index (χ2n) is 7.32. The molecule has 7 nitrogen and oxygen atoms in total. The highest BCUT2D eigenvalue weighted by molar-refractivity contribution is 5.95. The van der Waals surface area contributed by atoms with Gasteiger partial charge in [0.2, 0.25) is 0 Å². The number of aromatic nitrogens is 2. The van der Waals surface area contributed by atoms with E-state index in [4.69, 9.17) is 4.98 Å². The van der Waals surface area contributed by atoms with E-state index in [-0.39, 0.29) is 11.5 Å². The molecule has 0 bridgehead atoms. The Morgan fingerprint density at radius 1 is 1.14 bits per heavy atom. The first-order valence-corrected chi connectivity index (χ1v) is 9.78. The average molecular weight is 389 g/mol. The monoisotopic (exact) mass is 389 g/mol. The third-order valence-electron chi connectivity index (χ3n) is 5.23. The zero-order valence-electron chi connectivity index (χ0n) is 16.3. The van der Waals surface area contributed by atoms with Crippen molar-refractivity contribution >= 4 is 23.6 Å². The SMILES string of the molecule is CC1CCN(c2nc3ccccn3c(=O)c2/C=N/NC(=O)c2ccccc2)CC1. The summed E-state index contributed by atoms with van der Waals surface area (Å²) in [4.78, 5) is 32.2. The van der Waals surface area contributed by atoms with E-state index in [0.29, 0.717) is 28.5 Å². The van der Waals surface area contributed by atoms with Crippen LogP contribution in [0.15, 0.2) is 64.6 Å². The topological polar surface area (TPSA) is 79.1 Å². The van der Waals surface area contributed by atoms with Gasteiger partial charge < -0.3 is 4.90 Å². The first kappa shape index (κ1) is 18.9. The lowest BCUT2D eigenvalue weighted by Gasteiger charge is -2.32. The number of carbonyl (C=O) groups is 1. The van der Waals surface area contributed by atoms with E-state index >= 15 is 0 Å². The fraction of sp³-hybridized carbons (Fsp3) is 0.273. The smallest absolute Gasteiger partial charge is 0.271 e. The Morgan fingerprint density at radius 2 is 1.86 bits per heavy atom. The summed E-state index contributed by atoms with van der Waals surface area (Å²) in [5.41, 5.74) is 3.76. The van der Waals surface area contributed by atoms with Crippen LogP contribution >= 0.6 is 0 Å². The molecule has 1 aliphatic heterocycles. The van der Waals surface area contributed by atoms with E-state index in [1.807, 2.05) is 18.2 Å². The van der Waals surface area contributed by atoms with Crippen molar-refractivity contribution < 1.29 is 4.79 Å². The molecule has 148 valence electrons. The highest BCUT2D eigenvalue weighted by Crippen LogP contribution is 2.23. The molecule has 4 rings (SSSR count). The largest absolute Gasteiger partial charge is 0.356 e. The molecule has 0 unspecified atom stereocenters. The average Bonchev–Trinajstić information content (AvgIpc) is 2.76. The van der Waals surface area contributed by atoms with E-state index < -0.39 is 0 Å². The third-order valence-corrected chi connectivity index (χ3v) is 5.23. The van der Waals surface area contributed by atoms with Crippen LogP contribution < -0.4 is 15.9 Å². The summed E-state index contributed by atoms with van der Waals surface area (Å²) < 4.78 is 1.50. The minimum atomic E-state index is -0.330. The van der Waals surface area contributed by atoms with Crippen LogP contribution in [0.5, 0.6) is 0 Å². The lowest BCUT2D eigenvalue weighted by atomic mass is 9.99. The summed E-state index contributed by atoms with van der Waals surface area (Å²) in [6.45, 7) is 3.92. The first-order valence-electron chi connectivity index (χ1n) is 9.78. The summed E-state index contributed by atoms with van der Waals surface area (Å²) >= 11 is 0. The lowest BCUT2D eigenvalue weighted by molar-refractivity contribution is 0.0955. The Bertz CT molecular complexity index is 1100. The molecular weight excluding hydrogens is 366 g/mol. The minimum Gasteiger partial charge on any atom is -0.356 e. The number of amides is 1.